The molecule has 0 saturated heterocycles. The summed E-state index contributed by atoms with van der Waals surface area (Å²) in [5, 5.41) is 33.6. The third kappa shape index (κ3) is 2.65. The van der Waals surface area contributed by atoms with Crippen molar-refractivity contribution in [3.05, 3.63) is 58.1 Å². The molecule has 0 saturated carbocycles. The lowest BCUT2D eigenvalue weighted by Gasteiger charge is -2.00. The number of fused-ring (bicyclic) bond motifs is 3. The molecule has 0 aliphatic heterocycles. The molecule has 0 radical (unpaired) electrons. The van der Waals surface area contributed by atoms with Crippen molar-refractivity contribution < 1.29 is 10.0 Å². The van der Waals surface area contributed by atoms with E-state index in [-0.39, 0.29) is 11.5 Å². The van der Waals surface area contributed by atoms with Gasteiger partial charge in [-0.2, -0.15) is 10.1 Å². The summed E-state index contributed by atoms with van der Waals surface area (Å²) in [6, 6.07) is 11.8. The van der Waals surface area contributed by atoms with E-state index in [0.717, 1.165) is 10.9 Å². The van der Waals surface area contributed by atoms with Gasteiger partial charge in [-0.15, -0.1) is 10.2 Å². The molecule has 3 N–H and O–H groups in total. The fraction of sp³-hybridized carbons (Fsp3) is 0. The lowest BCUT2D eigenvalue weighted by atomic mass is 10.2. The van der Waals surface area contributed by atoms with Crippen LogP contribution in [0.15, 0.2) is 47.6 Å². The maximum atomic E-state index is 10.8. The first-order valence-corrected chi connectivity index (χ1v) is 7.50. The lowest BCUT2D eigenvalue weighted by Crippen LogP contribution is -1.99. The minimum Gasteiger partial charge on any atom is -0.502 e. The molecule has 2 aromatic heterocycles. The zero-order valence-corrected chi connectivity index (χ0v) is 13.1. The summed E-state index contributed by atoms with van der Waals surface area (Å²) in [5.41, 5.74) is 4.47. The molecule has 0 bridgehead atoms. The van der Waals surface area contributed by atoms with Crippen molar-refractivity contribution in [3.8, 4) is 5.75 Å². The van der Waals surface area contributed by atoms with Gasteiger partial charge in [0.2, 0.25) is 5.75 Å². The summed E-state index contributed by atoms with van der Waals surface area (Å²) >= 11 is 0. The highest BCUT2D eigenvalue weighted by Gasteiger charge is 2.15. The van der Waals surface area contributed by atoms with Crippen LogP contribution in [0.25, 0.3) is 22.1 Å². The average Bonchev–Trinajstić information content (AvgIpc) is 3.00. The van der Waals surface area contributed by atoms with Crippen molar-refractivity contribution in [1.82, 2.24) is 20.2 Å². The SMILES string of the molecule is O=[N+]([O-])c1cccc(C=NNc2nnc3c(n2)[nH]c2ccccc23)c1O. The number of nitrogens with zero attached hydrogens (tertiary/aromatic N) is 5. The van der Waals surface area contributed by atoms with E-state index in [4.69, 9.17) is 0 Å². The van der Waals surface area contributed by atoms with Crippen LogP contribution in [0.1, 0.15) is 5.56 Å². The summed E-state index contributed by atoms with van der Waals surface area (Å²) in [4.78, 5) is 17.6. The molecule has 0 atom stereocenters. The van der Waals surface area contributed by atoms with Crippen molar-refractivity contribution in [2.75, 3.05) is 5.43 Å². The molecule has 2 heterocycles. The standard InChI is InChI=1S/C16H11N7O3/c24-14-9(4-3-7-12(14)23(25)26)8-17-21-16-19-15-13(20-22-16)10-5-1-2-6-11(10)18-15/h1-8,24H,(H2,18,19,21,22). The van der Waals surface area contributed by atoms with E-state index < -0.39 is 16.4 Å². The number of anilines is 1. The summed E-state index contributed by atoms with van der Waals surface area (Å²) in [5.74, 6) is -0.321. The van der Waals surface area contributed by atoms with Crippen molar-refractivity contribution >= 4 is 39.9 Å². The molecule has 0 unspecified atom stereocenters. The van der Waals surface area contributed by atoms with Gasteiger partial charge in [0.25, 0.3) is 5.95 Å². The number of aromatic nitrogens is 4. The summed E-state index contributed by atoms with van der Waals surface area (Å²) < 4.78 is 0. The Balaban J connectivity index is 1.60. The van der Waals surface area contributed by atoms with E-state index in [9.17, 15) is 15.2 Å². The Labute approximate surface area is 145 Å². The minimum absolute atomic E-state index is 0.144. The number of hydrazone groups is 1. The highest BCUT2D eigenvalue weighted by atomic mass is 16.6. The quantitative estimate of drug-likeness (QED) is 0.292. The molecule has 0 aliphatic rings. The van der Waals surface area contributed by atoms with Gasteiger partial charge in [-0.25, -0.2) is 5.43 Å². The largest absolute Gasteiger partial charge is 0.502 e. The van der Waals surface area contributed by atoms with Crippen molar-refractivity contribution in [2.45, 2.75) is 0 Å². The lowest BCUT2D eigenvalue weighted by molar-refractivity contribution is -0.385. The van der Waals surface area contributed by atoms with Crippen LogP contribution in [0, 0.1) is 10.1 Å². The van der Waals surface area contributed by atoms with Crippen LogP contribution >= 0.6 is 0 Å². The predicted molar refractivity (Wildman–Crippen MR) is 95.2 cm³/mol. The van der Waals surface area contributed by atoms with Crippen molar-refractivity contribution in [1.29, 1.82) is 0 Å². The van der Waals surface area contributed by atoms with Gasteiger partial charge in [-0.3, -0.25) is 10.1 Å². The predicted octanol–water partition coefficient (Wildman–Crippen LogP) is 2.57. The van der Waals surface area contributed by atoms with Crippen molar-refractivity contribution in [3.63, 3.8) is 0 Å². The maximum absolute atomic E-state index is 10.8. The molecule has 0 amide bonds. The average molecular weight is 349 g/mol. The monoisotopic (exact) mass is 349 g/mol. The van der Waals surface area contributed by atoms with Gasteiger partial charge in [0.05, 0.1) is 11.1 Å². The number of nitro groups is 1. The van der Waals surface area contributed by atoms with Crippen LogP contribution in [0.2, 0.25) is 0 Å². The molecule has 4 rings (SSSR count). The Morgan fingerprint density at radius 3 is 2.88 bits per heavy atom. The second-order valence-corrected chi connectivity index (χ2v) is 5.35. The molecule has 10 heteroatoms. The zero-order valence-electron chi connectivity index (χ0n) is 13.1. The second kappa shape index (κ2) is 6.09. The van der Waals surface area contributed by atoms with Crippen LogP contribution in [0.4, 0.5) is 11.6 Å². The number of nitro benzene ring substituents is 1. The van der Waals surface area contributed by atoms with E-state index in [0.29, 0.717) is 11.2 Å². The number of benzene rings is 2. The summed E-state index contributed by atoms with van der Waals surface area (Å²) in [6.45, 7) is 0. The molecule has 0 fully saturated rings. The number of hydrogen-bond donors (Lipinski definition) is 3. The Morgan fingerprint density at radius 1 is 1.19 bits per heavy atom. The Kier molecular flexibility index (Phi) is 3.62. The normalized spacial score (nSPS) is 11.4. The van der Waals surface area contributed by atoms with Gasteiger partial charge in [-0.05, 0) is 12.1 Å². The van der Waals surface area contributed by atoms with Crippen LogP contribution in [0.3, 0.4) is 0 Å². The van der Waals surface area contributed by atoms with Gasteiger partial charge in [0.15, 0.2) is 5.65 Å². The zero-order chi connectivity index (χ0) is 18.1. The highest BCUT2D eigenvalue weighted by Crippen LogP contribution is 2.28. The molecule has 2 aromatic carbocycles. The van der Waals surface area contributed by atoms with Crippen LogP contribution in [-0.4, -0.2) is 36.4 Å². The topological polar surface area (TPSA) is 142 Å². The van der Waals surface area contributed by atoms with E-state index in [2.05, 4.69) is 30.7 Å². The molecular formula is C16H11N7O3. The van der Waals surface area contributed by atoms with Gasteiger partial charge in [-0.1, -0.05) is 24.3 Å². The number of rotatable bonds is 4. The molecule has 4 aromatic rings. The number of phenolic OH excluding ortho intramolecular Hbond substituents is 1. The molecule has 128 valence electrons. The third-order valence-corrected chi connectivity index (χ3v) is 3.73. The smallest absolute Gasteiger partial charge is 0.311 e. The number of hydrogen-bond acceptors (Lipinski definition) is 8. The highest BCUT2D eigenvalue weighted by molar-refractivity contribution is 6.03. The number of aromatic amines is 1. The van der Waals surface area contributed by atoms with E-state index in [1.54, 1.807) is 0 Å². The molecule has 0 spiro atoms. The molecule has 0 aliphatic carbocycles. The molecule has 10 nitrogen and oxygen atoms in total. The summed E-state index contributed by atoms with van der Waals surface area (Å²) in [7, 11) is 0. The maximum Gasteiger partial charge on any atom is 0.311 e. The van der Waals surface area contributed by atoms with Crippen LogP contribution in [0.5, 0.6) is 5.75 Å². The first-order valence-electron chi connectivity index (χ1n) is 7.50. The Bertz CT molecular complexity index is 1170. The Morgan fingerprint density at radius 2 is 2.04 bits per heavy atom. The first kappa shape index (κ1) is 15.4. The van der Waals surface area contributed by atoms with E-state index in [1.807, 2.05) is 24.3 Å². The number of aromatic hydroxyl groups is 1. The molecule has 26 heavy (non-hydrogen) atoms. The van der Waals surface area contributed by atoms with E-state index in [1.165, 1.54) is 24.4 Å². The van der Waals surface area contributed by atoms with Gasteiger partial charge in [0.1, 0.15) is 5.52 Å². The van der Waals surface area contributed by atoms with Crippen LogP contribution < -0.4 is 5.43 Å². The fourth-order valence-corrected chi connectivity index (χ4v) is 2.53. The van der Waals surface area contributed by atoms with Gasteiger partial charge < -0.3 is 10.1 Å². The second-order valence-electron chi connectivity index (χ2n) is 5.35. The Hall–Kier alpha value is -4.08. The number of H-pyrrole nitrogens is 1. The first-order chi connectivity index (χ1) is 12.6. The minimum atomic E-state index is -0.670. The van der Waals surface area contributed by atoms with E-state index >= 15 is 0 Å². The van der Waals surface area contributed by atoms with Crippen LogP contribution in [-0.2, 0) is 0 Å². The fourth-order valence-electron chi connectivity index (χ4n) is 2.53. The van der Waals surface area contributed by atoms with Gasteiger partial charge >= 0.3 is 5.69 Å². The number of para-hydroxylation sites is 2. The summed E-state index contributed by atoms with van der Waals surface area (Å²) in [6.07, 6.45) is 1.24. The van der Waals surface area contributed by atoms with Crippen molar-refractivity contribution in [2.24, 2.45) is 5.10 Å². The van der Waals surface area contributed by atoms with Gasteiger partial charge in [0, 0.05) is 22.5 Å². The third-order valence-electron chi connectivity index (χ3n) is 3.73. The number of phenols is 1. The molecular weight excluding hydrogens is 338 g/mol. The number of nitrogens with one attached hydrogen (secondary N) is 2.